The molecule has 180 valence electrons. The highest BCUT2D eigenvalue weighted by molar-refractivity contribution is 7.89. The van der Waals surface area contributed by atoms with E-state index in [2.05, 4.69) is 4.74 Å². The summed E-state index contributed by atoms with van der Waals surface area (Å²) >= 11 is 0. The monoisotopic (exact) mass is 482 g/mol. The summed E-state index contributed by atoms with van der Waals surface area (Å²) in [4.78, 5) is 14.8. The highest BCUT2D eigenvalue weighted by Crippen LogP contribution is 2.31. The Morgan fingerprint density at radius 1 is 0.939 bits per heavy atom. The van der Waals surface area contributed by atoms with Gasteiger partial charge in [-0.2, -0.15) is 13.1 Å². The molecule has 0 spiro atoms. The molecule has 1 amide bonds. The van der Waals surface area contributed by atoms with Crippen LogP contribution in [0.15, 0.2) is 29.2 Å². The standard InChI is InChI=1S/C23H28F2N2O5S/c1-14-12-15(2)17(4)21(16(14)3)33(29,30)27-10-8-26(9-11-27)22(28)18-6-7-19(31-5)20(13-18)32-23(24)25/h6-7,12-13,23H,8-11H2,1-5H3. The van der Waals surface area contributed by atoms with Crippen molar-refractivity contribution in [3.63, 3.8) is 0 Å². The molecule has 0 unspecified atom stereocenters. The zero-order chi connectivity index (χ0) is 24.5. The van der Waals surface area contributed by atoms with Crippen LogP contribution in [-0.4, -0.2) is 63.4 Å². The first-order valence-electron chi connectivity index (χ1n) is 10.5. The maximum absolute atomic E-state index is 13.4. The number of ether oxygens (including phenoxy) is 2. The molecular formula is C23H28F2N2O5S. The van der Waals surface area contributed by atoms with Crippen LogP contribution in [0.1, 0.15) is 32.6 Å². The molecule has 2 aromatic rings. The van der Waals surface area contributed by atoms with E-state index in [1.165, 1.54) is 34.5 Å². The fraction of sp³-hybridized carbons (Fsp3) is 0.435. The van der Waals surface area contributed by atoms with Gasteiger partial charge in [0.05, 0.1) is 12.0 Å². The predicted molar refractivity (Wildman–Crippen MR) is 120 cm³/mol. The van der Waals surface area contributed by atoms with Gasteiger partial charge in [-0.05, 0) is 68.1 Å². The zero-order valence-corrected chi connectivity index (χ0v) is 20.1. The molecule has 0 saturated carbocycles. The van der Waals surface area contributed by atoms with Crippen molar-refractivity contribution in [3.8, 4) is 11.5 Å². The number of amides is 1. The molecule has 1 saturated heterocycles. The molecule has 10 heteroatoms. The van der Waals surface area contributed by atoms with E-state index in [-0.39, 0.29) is 43.2 Å². The molecular weight excluding hydrogens is 454 g/mol. The molecule has 1 aliphatic heterocycles. The zero-order valence-electron chi connectivity index (χ0n) is 19.3. The molecule has 0 aromatic heterocycles. The van der Waals surface area contributed by atoms with Crippen molar-refractivity contribution in [1.82, 2.24) is 9.21 Å². The normalized spacial score (nSPS) is 15.1. The number of piperazine rings is 1. The van der Waals surface area contributed by atoms with Gasteiger partial charge in [-0.25, -0.2) is 8.42 Å². The average Bonchev–Trinajstić information content (AvgIpc) is 2.77. The molecule has 7 nitrogen and oxygen atoms in total. The molecule has 33 heavy (non-hydrogen) atoms. The average molecular weight is 483 g/mol. The Hall–Kier alpha value is -2.72. The molecule has 0 atom stereocenters. The minimum Gasteiger partial charge on any atom is -0.493 e. The first kappa shape index (κ1) is 24.9. The van der Waals surface area contributed by atoms with Crippen LogP contribution in [0.25, 0.3) is 0 Å². The van der Waals surface area contributed by atoms with Crippen molar-refractivity contribution in [2.24, 2.45) is 0 Å². The predicted octanol–water partition coefficient (Wildman–Crippen LogP) is 3.68. The van der Waals surface area contributed by atoms with Crippen molar-refractivity contribution in [1.29, 1.82) is 0 Å². The number of methoxy groups -OCH3 is 1. The lowest BCUT2D eigenvalue weighted by Crippen LogP contribution is -2.50. The highest BCUT2D eigenvalue weighted by atomic mass is 32.2. The molecule has 1 aliphatic rings. The number of benzene rings is 2. The first-order valence-corrected chi connectivity index (χ1v) is 11.9. The van der Waals surface area contributed by atoms with Gasteiger partial charge in [0.15, 0.2) is 11.5 Å². The van der Waals surface area contributed by atoms with Gasteiger partial charge < -0.3 is 14.4 Å². The highest BCUT2D eigenvalue weighted by Gasteiger charge is 2.33. The molecule has 0 aliphatic carbocycles. The number of sulfonamides is 1. The van der Waals surface area contributed by atoms with E-state index in [0.717, 1.165) is 22.3 Å². The minimum absolute atomic E-state index is 0.0851. The second-order valence-electron chi connectivity index (χ2n) is 8.03. The van der Waals surface area contributed by atoms with E-state index in [1.54, 1.807) is 13.8 Å². The maximum atomic E-state index is 13.4. The van der Waals surface area contributed by atoms with Crippen molar-refractivity contribution < 1.29 is 31.5 Å². The van der Waals surface area contributed by atoms with Crippen LogP contribution in [0.4, 0.5) is 8.78 Å². The van der Waals surface area contributed by atoms with Gasteiger partial charge in [0.25, 0.3) is 5.91 Å². The molecule has 1 heterocycles. The first-order chi connectivity index (χ1) is 15.5. The van der Waals surface area contributed by atoms with Crippen LogP contribution in [0.3, 0.4) is 0 Å². The van der Waals surface area contributed by atoms with E-state index >= 15 is 0 Å². The van der Waals surface area contributed by atoms with Gasteiger partial charge in [0, 0.05) is 31.7 Å². The van der Waals surface area contributed by atoms with Crippen LogP contribution in [0.5, 0.6) is 11.5 Å². The molecule has 0 bridgehead atoms. The number of hydrogen-bond donors (Lipinski definition) is 0. The van der Waals surface area contributed by atoms with E-state index in [0.29, 0.717) is 4.90 Å². The summed E-state index contributed by atoms with van der Waals surface area (Å²) < 4.78 is 63.1. The number of carbonyl (C=O) groups excluding carboxylic acids is 1. The molecule has 0 radical (unpaired) electrons. The Bertz CT molecular complexity index is 1130. The number of carbonyl (C=O) groups is 1. The number of nitrogens with zero attached hydrogens (tertiary/aromatic N) is 2. The molecule has 2 aromatic carbocycles. The van der Waals surface area contributed by atoms with Crippen molar-refractivity contribution >= 4 is 15.9 Å². The molecule has 1 fully saturated rings. The number of alkyl halides is 2. The lowest BCUT2D eigenvalue weighted by molar-refractivity contribution is -0.0512. The Balaban J connectivity index is 1.78. The smallest absolute Gasteiger partial charge is 0.387 e. The Labute approximate surface area is 192 Å². The second-order valence-corrected chi connectivity index (χ2v) is 9.90. The van der Waals surface area contributed by atoms with Crippen LogP contribution >= 0.6 is 0 Å². The van der Waals surface area contributed by atoms with Gasteiger partial charge in [0.1, 0.15) is 0 Å². The summed E-state index contributed by atoms with van der Waals surface area (Å²) in [6.45, 7) is 4.95. The lowest BCUT2D eigenvalue weighted by Gasteiger charge is -2.35. The Morgan fingerprint density at radius 2 is 1.52 bits per heavy atom. The summed E-state index contributed by atoms with van der Waals surface area (Å²) in [5.74, 6) is -0.546. The Kier molecular flexibility index (Phi) is 7.28. The summed E-state index contributed by atoms with van der Waals surface area (Å²) in [5, 5.41) is 0. The maximum Gasteiger partial charge on any atom is 0.387 e. The van der Waals surface area contributed by atoms with Crippen LogP contribution in [-0.2, 0) is 10.0 Å². The van der Waals surface area contributed by atoms with E-state index < -0.39 is 22.5 Å². The van der Waals surface area contributed by atoms with Crippen molar-refractivity contribution in [3.05, 3.63) is 52.1 Å². The lowest BCUT2D eigenvalue weighted by atomic mass is 10.0. The third kappa shape index (κ3) is 4.96. The number of halogens is 2. The van der Waals surface area contributed by atoms with Crippen LogP contribution in [0, 0.1) is 27.7 Å². The SMILES string of the molecule is COc1ccc(C(=O)N2CCN(S(=O)(=O)c3c(C)c(C)cc(C)c3C)CC2)cc1OC(F)F. The van der Waals surface area contributed by atoms with Gasteiger partial charge in [-0.1, -0.05) is 6.07 Å². The summed E-state index contributed by atoms with van der Waals surface area (Å²) in [6.07, 6.45) is 0. The van der Waals surface area contributed by atoms with E-state index in [1.807, 2.05) is 19.9 Å². The number of hydrogen-bond acceptors (Lipinski definition) is 5. The number of rotatable bonds is 6. The fourth-order valence-electron chi connectivity index (χ4n) is 4.01. The third-order valence-electron chi connectivity index (χ3n) is 6.05. The summed E-state index contributed by atoms with van der Waals surface area (Å²) in [6, 6.07) is 6.03. The van der Waals surface area contributed by atoms with Gasteiger partial charge >= 0.3 is 6.61 Å². The summed E-state index contributed by atoms with van der Waals surface area (Å²) in [7, 11) is -2.42. The van der Waals surface area contributed by atoms with Gasteiger partial charge in [-0.15, -0.1) is 0 Å². The van der Waals surface area contributed by atoms with E-state index in [4.69, 9.17) is 4.74 Å². The Morgan fingerprint density at radius 3 is 2.03 bits per heavy atom. The summed E-state index contributed by atoms with van der Waals surface area (Å²) in [5.41, 5.74) is 3.42. The topological polar surface area (TPSA) is 76.2 Å². The van der Waals surface area contributed by atoms with Crippen molar-refractivity contribution in [2.75, 3.05) is 33.3 Å². The largest absolute Gasteiger partial charge is 0.493 e. The second kappa shape index (κ2) is 9.64. The van der Waals surface area contributed by atoms with Crippen molar-refractivity contribution in [2.45, 2.75) is 39.2 Å². The third-order valence-corrected chi connectivity index (χ3v) is 8.22. The quantitative estimate of drug-likeness (QED) is 0.628. The van der Waals surface area contributed by atoms with E-state index in [9.17, 15) is 22.0 Å². The minimum atomic E-state index is -3.74. The number of aryl methyl sites for hydroxylation is 2. The molecule has 0 N–H and O–H groups in total. The fourth-order valence-corrected chi connectivity index (χ4v) is 6.01. The van der Waals surface area contributed by atoms with Crippen LogP contribution < -0.4 is 9.47 Å². The van der Waals surface area contributed by atoms with Gasteiger partial charge in [-0.3, -0.25) is 4.79 Å². The van der Waals surface area contributed by atoms with Crippen LogP contribution in [0.2, 0.25) is 0 Å². The molecule has 3 rings (SSSR count). The van der Waals surface area contributed by atoms with Gasteiger partial charge in [0.2, 0.25) is 10.0 Å².